The summed E-state index contributed by atoms with van der Waals surface area (Å²) in [7, 11) is 0. The van der Waals surface area contributed by atoms with E-state index in [1.807, 2.05) is 0 Å². The van der Waals surface area contributed by atoms with Crippen molar-refractivity contribution < 1.29 is 1.37 Å². The number of rotatable bonds is 3. The second-order valence-electron chi connectivity index (χ2n) is 9.88. The standard InChI is InChI=1S/C30H34N2/c1-21-13-9-11-19-26(21)31-22(2)29-28(23-14-5-3-6-15-23)25-18-10-12-20-27(25)32(29)30(31)24-16-7-4-8-17-24/h4,7-13,16-20,22-23,28-30H,3,5-6,14-15H2,1-2H3/t22-,28?,29?,30?/m0/s1/i28D. The van der Waals surface area contributed by atoms with Crippen LogP contribution >= 0.6 is 0 Å². The molecule has 0 spiro atoms. The molecular weight excluding hydrogens is 388 g/mol. The van der Waals surface area contributed by atoms with Gasteiger partial charge in [-0.25, -0.2) is 0 Å². The Morgan fingerprint density at radius 1 is 0.750 bits per heavy atom. The van der Waals surface area contributed by atoms with E-state index in [-0.39, 0.29) is 18.2 Å². The monoisotopic (exact) mass is 423 g/mol. The Balaban J connectivity index is 1.57. The lowest BCUT2D eigenvalue weighted by molar-refractivity contribution is 0.279. The lowest BCUT2D eigenvalue weighted by atomic mass is 9.73. The quantitative estimate of drug-likeness (QED) is 0.431. The van der Waals surface area contributed by atoms with E-state index in [4.69, 9.17) is 0 Å². The van der Waals surface area contributed by atoms with E-state index >= 15 is 0 Å². The molecule has 0 aromatic heterocycles. The van der Waals surface area contributed by atoms with E-state index in [0.29, 0.717) is 5.92 Å². The molecule has 3 aromatic rings. The van der Waals surface area contributed by atoms with Crippen LogP contribution in [0.2, 0.25) is 0 Å². The van der Waals surface area contributed by atoms with Crippen LogP contribution < -0.4 is 9.80 Å². The fourth-order valence-electron chi connectivity index (χ4n) is 6.71. The Hall–Kier alpha value is -2.74. The number of aryl methyl sites for hydroxylation is 1. The van der Waals surface area contributed by atoms with Crippen LogP contribution in [0.15, 0.2) is 78.9 Å². The van der Waals surface area contributed by atoms with Gasteiger partial charge in [0.05, 0.1) is 6.04 Å². The molecule has 2 nitrogen and oxygen atoms in total. The molecule has 2 aliphatic heterocycles. The van der Waals surface area contributed by atoms with Gasteiger partial charge in [0.2, 0.25) is 0 Å². The molecule has 0 bridgehead atoms. The van der Waals surface area contributed by atoms with Crippen LogP contribution in [0.5, 0.6) is 0 Å². The summed E-state index contributed by atoms with van der Waals surface area (Å²) in [5.41, 5.74) is 6.40. The average molecular weight is 424 g/mol. The topological polar surface area (TPSA) is 6.48 Å². The molecule has 2 fully saturated rings. The normalized spacial score (nSPS) is 30.2. The molecular formula is C30H34N2. The van der Waals surface area contributed by atoms with Crippen molar-refractivity contribution in [3.05, 3.63) is 95.6 Å². The maximum absolute atomic E-state index is 10.2. The van der Waals surface area contributed by atoms with E-state index in [1.54, 1.807) is 0 Å². The number of hydrogen-bond acceptors (Lipinski definition) is 2. The van der Waals surface area contributed by atoms with Gasteiger partial charge in [0.25, 0.3) is 0 Å². The van der Waals surface area contributed by atoms with Crippen molar-refractivity contribution in [2.75, 3.05) is 9.80 Å². The molecule has 32 heavy (non-hydrogen) atoms. The second-order valence-corrected chi connectivity index (χ2v) is 9.88. The largest absolute Gasteiger partial charge is 0.342 e. The van der Waals surface area contributed by atoms with Gasteiger partial charge in [0, 0.05) is 24.7 Å². The molecule has 3 aliphatic rings. The molecule has 0 amide bonds. The highest BCUT2D eigenvalue weighted by molar-refractivity contribution is 5.71. The van der Waals surface area contributed by atoms with E-state index < -0.39 is 5.89 Å². The smallest absolute Gasteiger partial charge is 0.129 e. The number of hydrogen-bond donors (Lipinski definition) is 0. The minimum Gasteiger partial charge on any atom is -0.342 e. The van der Waals surface area contributed by atoms with E-state index in [1.165, 1.54) is 60.2 Å². The third-order valence-electron chi connectivity index (χ3n) is 8.07. The van der Waals surface area contributed by atoms with Crippen molar-refractivity contribution in [3.8, 4) is 0 Å². The first-order valence-corrected chi connectivity index (χ1v) is 12.4. The van der Waals surface area contributed by atoms with Gasteiger partial charge in [-0.05, 0) is 61.4 Å². The van der Waals surface area contributed by atoms with Gasteiger partial charge in [0.15, 0.2) is 0 Å². The van der Waals surface area contributed by atoms with Crippen LogP contribution in [0, 0.1) is 12.8 Å². The van der Waals surface area contributed by atoms with Crippen LogP contribution in [0.25, 0.3) is 0 Å². The third-order valence-corrected chi connectivity index (χ3v) is 8.07. The van der Waals surface area contributed by atoms with Gasteiger partial charge in [0.1, 0.15) is 6.17 Å². The predicted molar refractivity (Wildman–Crippen MR) is 134 cm³/mol. The Kier molecular flexibility index (Phi) is 4.69. The molecule has 1 saturated heterocycles. The van der Waals surface area contributed by atoms with E-state index in [2.05, 4.69) is 103 Å². The summed E-state index contributed by atoms with van der Waals surface area (Å²) in [6.45, 7) is 4.58. The van der Waals surface area contributed by atoms with Crippen molar-refractivity contribution >= 4 is 11.4 Å². The summed E-state index contributed by atoms with van der Waals surface area (Å²) < 4.78 is 10.2. The highest BCUT2D eigenvalue weighted by Gasteiger charge is 2.55. The molecule has 6 rings (SSSR count). The van der Waals surface area contributed by atoms with Gasteiger partial charge in [-0.3, -0.25) is 0 Å². The van der Waals surface area contributed by atoms with Crippen molar-refractivity contribution in [1.29, 1.82) is 0 Å². The summed E-state index contributed by atoms with van der Waals surface area (Å²) in [6, 6.07) is 28.9. The zero-order valence-corrected chi connectivity index (χ0v) is 19.2. The Labute approximate surface area is 194 Å². The van der Waals surface area contributed by atoms with Crippen LogP contribution in [0.3, 0.4) is 0 Å². The van der Waals surface area contributed by atoms with Gasteiger partial charge in [-0.2, -0.15) is 0 Å². The van der Waals surface area contributed by atoms with Gasteiger partial charge in [-0.15, -0.1) is 0 Å². The zero-order valence-electron chi connectivity index (χ0n) is 20.2. The predicted octanol–water partition coefficient (Wildman–Crippen LogP) is 7.46. The number of para-hydroxylation sites is 2. The highest BCUT2D eigenvalue weighted by Crippen LogP contribution is 2.57. The Morgan fingerprint density at radius 3 is 2.16 bits per heavy atom. The van der Waals surface area contributed by atoms with Gasteiger partial charge >= 0.3 is 0 Å². The molecule has 2 heterocycles. The van der Waals surface area contributed by atoms with Crippen molar-refractivity contribution in [2.24, 2.45) is 5.92 Å². The summed E-state index contributed by atoms with van der Waals surface area (Å²) >= 11 is 0. The number of benzene rings is 3. The van der Waals surface area contributed by atoms with Crippen molar-refractivity contribution in [1.82, 2.24) is 0 Å². The molecule has 1 saturated carbocycles. The summed E-state index contributed by atoms with van der Waals surface area (Å²) in [6.07, 6.45) is 6.28. The first-order chi connectivity index (χ1) is 16.1. The van der Waals surface area contributed by atoms with Gasteiger partial charge in [-0.1, -0.05) is 86.0 Å². The number of fused-ring (bicyclic) bond motifs is 3. The van der Waals surface area contributed by atoms with E-state index in [9.17, 15) is 1.37 Å². The minimum atomic E-state index is -0.582. The SMILES string of the molecule is [2H]C1(C2CCCCC2)c2ccccc2N2C(c3ccccc3)N(c3ccccc3C)[C@@H](C)C21. The summed E-state index contributed by atoms with van der Waals surface area (Å²) in [5.74, 6) is -0.168. The molecule has 0 N–H and O–H groups in total. The van der Waals surface area contributed by atoms with Crippen LogP contribution in [0.1, 0.15) is 69.1 Å². The van der Waals surface area contributed by atoms with Crippen LogP contribution in [-0.4, -0.2) is 12.1 Å². The first-order valence-electron chi connectivity index (χ1n) is 12.9. The van der Waals surface area contributed by atoms with Crippen LogP contribution in [0.4, 0.5) is 11.4 Å². The maximum atomic E-state index is 10.2. The van der Waals surface area contributed by atoms with Crippen molar-refractivity contribution in [2.45, 2.75) is 70.1 Å². The highest BCUT2D eigenvalue weighted by atomic mass is 15.5. The summed E-state index contributed by atoms with van der Waals surface area (Å²) in [4.78, 5) is 5.22. The second kappa shape index (κ2) is 7.99. The van der Waals surface area contributed by atoms with Crippen molar-refractivity contribution in [3.63, 3.8) is 0 Å². The maximum Gasteiger partial charge on any atom is 0.129 e. The molecule has 164 valence electrons. The number of anilines is 2. The number of nitrogens with zero attached hydrogens (tertiary/aromatic N) is 2. The first kappa shape index (κ1) is 18.8. The van der Waals surface area contributed by atoms with E-state index in [0.717, 1.165) is 0 Å². The molecule has 4 atom stereocenters. The minimum absolute atomic E-state index is 0.0873. The Bertz CT molecular complexity index is 1140. The molecule has 2 heteroatoms. The zero-order chi connectivity index (χ0) is 22.6. The molecule has 3 unspecified atom stereocenters. The molecule has 1 aliphatic carbocycles. The van der Waals surface area contributed by atoms with Gasteiger partial charge < -0.3 is 9.80 Å². The van der Waals surface area contributed by atoms with Crippen LogP contribution in [-0.2, 0) is 0 Å². The Morgan fingerprint density at radius 2 is 1.41 bits per heavy atom. The summed E-state index contributed by atoms with van der Waals surface area (Å²) in [5, 5.41) is 0. The fraction of sp³-hybridized carbons (Fsp3) is 0.400. The lowest BCUT2D eigenvalue weighted by Gasteiger charge is -2.36. The average Bonchev–Trinajstić information content (AvgIpc) is 3.32. The lowest BCUT2D eigenvalue weighted by Crippen LogP contribution is -2.39. The molecule has 3 aromatic carbocycles. The fourth-order valence-corrected chi connectivity index (χ4v) is 6.71. The third kappa shape index (κ3) is 2.99. The molecule has 0 radical (unpaired) electrons.